The number of fused-ring (bicyclic) bond motifs is 3. The van der Waals surface area contributed by atoms with Crippen LogP contribution < -0.4 is 9.47 Å². The molecule has 0 spiro atoms. The maximum atomic E-state index is 13.1. The van der Waals surface area contributed by atoms with Gasteiger partial charge in [-0.3, -0.25) is 9.69 Å². The number of carbonyl (C=O) groups excluding carboxylic acids is 1. The van der Waals surface area contributed by atoms with Gasteiger partial charge in [0.05, 0.1) is 11.1 Å². The van der Waals surface area contributed by atoms with Gasteiger partial charge < -0.3 is 9.47 Å². The Labute approximate surface area is 201 Å². The highest BCUT2D eigenvalue weighted by molar-refractivity contribution is 7.11. The molecule has 2 aliphatic heterocycles. The molecule has 7 heteroatoms. The van der Waals surface area contributed by atoms with Gasteiger partial charge in [0.1, 0.15) is 18.2 Å². The van der Waals surface area contributed by atoms with Crippen LogP contribution in [0.5, 0.6) is 11.5 Å². The van der Waals surface area contributed by atoms with Crippen LogP contribution in [0.1, 0.15) is 37.5 Å². The third-order valence-electron chi connectivity index (χ3n) is 5.86. The van der Waals surface area contributed by atoms with E-state index in [1.807, 2.05) is 49.6 Å². The van der Waals surface area contributed by atoms with E-state index in [1.165, 1.54) is 0 Å². The van der Waals surface area contributed by atoms with Crippen molar-refractivity contribution < 1.29 is 14.3 Å². The summed E-state index contributed by atoms with van der Waals surface area (Å²) in [5.41, 5.74) is 4.59. The Kier molecular flexibility index (Phi) is 5.76. The van der Waals surface area contributed by atoms with E-state index in [0.717, 1.165) is 45.8 Å². The Morgan fingerprint density at radius 2 is 2.00 bits per heavy atom. The average Bonchev–Trinajstić information content (AvgIpc) is 3.31. The van der Waals surface area contributed by atoms with Crippen LogP contribution in [-0.4, -0.2) is 24.0 Å². The zero-order valence-corrected chi connectivity index (χ0v) is 20.0. The number of ether oxygens (including phenoxy) is 2. The van der Waals surface area contributed by atoms with E-state index >= 15 is 0 Å². The summed E-state index contributed by atoms with van der Waals surface area (Å²) in [4.78, 5) is 16.3. The molecule has 4 nitrogen and oxygen atoms in total. The SMILES string of the molecule is Cc1ccsc1/C=C1/Oc2c3c(cc(C)c2C1=O)OCN(CCc1ccc(Cl)cc1Cl)C3. The highest BCUT2D eigenvalue weighted by Gasteiger charge is 2.35. The quantitative estimate of drug-likeness (QED) is 0.386. The number of allylic oxidation sites excluding steroid dienone is 1. The van der Waals surface area contributed by atoms with Crippen molar-refractivity contribution in [3.05, 3.63) is 84.2 Å². The first kappa shape index (κ1) is 21.5. The van der Waals surface area contributed by atoms with Crippen molar-refractivity contribution in [1.82, 2.24) is 4.90 Å². The molecule has 0 saturated heterocycles. The molecule has 5 rings (SSSR count). The number of hydrogen-bond donors (Lipinski definition) is 0. The maximum absolute atomic E-state index is 13.1. The van der Waals surface area contributed by atoms with Gasteiger partial charge in [0.25, 0.3) is 0 Å². The summed E-state index contributed by atoms with van der Waals surface area (Å²) in [5.74, 6) is 1.70. The van der Waals surface area contributed by atoms with E-state index < -0.39 is 0 Å². The van der Waals surface area contributed by atoms with Crippen molar-refractivity contribution in [2.45, 2.75) is 26.8 Å². The molecule has 2 aliphatic rings. The van der Waals surface area contributed by atoms with Crippen molar-refractivity contribution in [2.24, 2.45) is 0 Å². The molecule has 1 aromatic heterocycles. The predicted molar refractivity (Wildman–Crippen MR) is 129 cm³/mol. The molecule has 0 saturated carbocycles. The molecule has 0 atom stereocenters. The number of nitrogens with zero attached hydrogens (tertiary/aromatic N) is 1. The molecule has 2 aromatic carbocycles. The lowest BCUT2D eigenvalue weighted by Crippen LogP contribution is -2.34. The van der Waals surface area contributed by atoms with E-state index in [4.69, 9.17) is 32.7 Å². The fourth-order valence-electron chi connectivity index (χ4n) is 4.07. The minimum atomic E-state index is -0.0711. The molecule has 0 fully saturated rings. The highest BCUT2D eigenvalue weighted by Crippen LogP contribution is 2.44. The zero-order chi connectivity index (χ0) is 22.4. The summed E-state index contributed by atoms with van der Waals surface area (Å²) < 4.78 is 12.2. The molecule has 0 aliphatic carbocycles. The van der Waals surface area contributed by atoms with Gasteiger partial charge in [-0.1, -0.05) is 29.3 Å². The Bertz CT molecular complexity index is 1260. The second-order valence-corrected chi connectivity index (χ2v) is 9.88. The fraction of sp³-hybridized carbons (Fsp3) is 0.240. The Morgan fingerprint density at radius 3 is 2.75 bits per heavy atom. The third-order valence-corrected chi connectivity index (χ3v) is 7.42. The number of ketones is 1. The number of carbonyl (C=O) groups is 1. The van der Waals surface area contributed by atoms with E-state index in [1.54, 1.807) is 17.4 Å². The van der Waals surface area contributed by atoms with Gasteiger partial charge in [0, 0.05) is 34.1 Å². The van der Waals surface area contributed by atoms with Gasteiger partial charge in [0.2, 0.25) is 5.78 Å². The van der Waals surface area contributed by atoms with Crippen LogP contribution in [-0.2, 0) is 13.0 Å². The summed E-state index contributed by atoms with van der Waals surface area (Å²) in [6.45, 7) is 5.83. The van der Waals surface area contributed by atoms with E-state index in [2.05, 4.69) is 4.90 Å². The van der Waals surface area contributed by atoms with Crippen LogP contribution in [0, 0.1) is 13.8 Å². The Morgan fingerprint density at radius 1 is 1.16 bits per heavy atom. The largest absolute Gasteiger partial charge is 0.478 e. The number of aryl methyl sites for hydroxylation is 2. The molecule has 32 heavy (non-hydrogen) atoms. The first-order chi connectivity index (χ1) is 15.4. The van der Waals surface area contributed by atoms with Crippen LogP contribution in [0.3, 0.4) is 0 Å². The number of benzene rings is 2. The summed E-state index contributed by atoms with van der Waals surface area (Å²) in [5, 5.41) is 3.31. The third kappa shape index (κ3) is 3.95. The number of halogens is 2. The molecule has 0 N–H and O–H groups in total. The molecule has 0 radical (unpaired) electrons. The minimum Gasteiger partial charge on any atom is -0.478 e. The van der Waals surface area contributed by atoms with Crippen molar-refractivity contribution in [3.8, 4) is 11.5 Å². The fourth-order valence-corrected chi connectivity index (χ4v) is 5.42. The molecular formula is C25H21Cl2NO3S. The van der Waals surface area contributed by atoms with Crippen molar-refractivity contribution in [2.75, 3.05) is 13.3 Å². The Balaban J connectivity index is 1.40. The van der Waals surface area contributed by atoms with Gasteiger partial charge in [-0.15, -0.1) is 11.3 Å². The van der Waals surface area contributed by atoms with Crippen LogP contribution in [0.25, 0.3) is 6.08 Å². The lowest BCUT2D eigenvalue weighted by Gasteiger charge is -2.30. The van der Waals surface area contributed by atoms with Crippen LogP contribution in [0.15, 0.2) is 41.5 Å². The molecule has 3 heterocycles. The van der Waals surface area contributed by atoms with Crippen LogP contribution in [0.4, 0.5) is 0 Å². The number of thiophene rings is 1. The van der Waals surface area contributed by atoms with Crippen molar-refractivity contribution in [3.63, 3.8) is 0 Å². The van der Waals surface area contributed by atoms with Gasteiger partial charge in [-0.25, -0.2) is 0 Å². The zero-order valence-electron chi connectivity index (χ0n) is 17.7. The molecule has 0 unspecified atom stereocenters. The van der Waals surface area contributed by atoms with Gasteiger partial charge >= 0.3 is 0 Å². The number of rotatable bonds is 4. The molecule has 0 bridgehead atoms. The molecule has 164 valence electrons. The van der Waals surface area contributed by atoms with Gasteiger partial charge in [-0.05, 0) is 66.6 Å². The molecular weight excluding hydrogens is 465 g/mol. The van der Waals surface area contributed by atoms with Crippen LogP contribution in [0.2, 0.25) is 10.0 Å². The topological polar surface area (TPSA) is 38.8 Å². The number of Topliss-reactive ketones (excluding diaryl/α,β-unsaturated/α-hetero) is 1. The standard InChI is InChI=1S/C25H21Cl2NO3S/c1-14-6-8-32-22(14)11-21-24(29)23-15(2)9-20-18(25(23)31-21)12-28(13-30-20)7-5-16-3-4-17(26)10-19(16)27/h3-4,6,8-11H,5,7,12-13H2,1-2H3/b21-11+. The van der Waals surface area contributed by atoms with E-state index in [9.17, 15) is 4.79 Å². The molecule has 0 amide bonds. The lowest BCUT2D eigenvalue weighted by molar-refractivity contribution is 0.0949. The summed E-state index contributed by atoms with van der Waals surface area (Å²) >= 11 is 13.9. The normalized spacial score (nSPS) is 16.6. The minimum absolute atomic E-state index is 0.0711. The van der Waals surface area contributed by atoms with E-state index in [0.29, 0.717) is 40.4 Å². The van der Waals surface area contributed by atoms with Gasteiger partial charge in [0.15, 0.2) is 5.76 Å². The first-order valence-corrected chi connectivity index (χ1v) is 12.0. The van der Waals surface area contributed by atoms with Crippen LogP contribution >= 0.6 is 34.5 Å². The second-order valence-electron chi connectivity index (χ2n) is 8.09. The van der Waals surface area contributed by atoms with Crippen molar-refractivity contribution in [1.29, 1.82) is 0 Å². The maximum Gasteiger partial charge on any atom is 0.232 e. The monoisotopic (exact) mass is 485 g/mol. The first-order valence-electron chi connectivity index (χ1n) is 10.3. The number of hydrogen-bond acceptors (Lipinski definition) is 5. The second kappa shape index (κ2) is 8.56. The highest BCUT2D eigenvalue weighted by atomic mass is 35.5. The predicted octanol–water partition coefficient (Wildman–Crippen LogP) is 6.68. The van der Waals surface area contributed by atoms with E-state index in [-0.39, 0.29) is 5.78 Å². The average molecular weight is 486 g/mol. The lowest BCUT2D eigenvalue weighted by atomic mass is 9.98. The van der Waals surface area contributed by atoms with Crippen molar-refractivity contribution >= 4 is 46.4 Å². The Hall–Kier alpha value is -2.31. The summed E-state index contributed by atoms with van der Waals surface area (Å²) in [6.07, 6.45) is 2.61. The summed E-state index contributed by atoms with van der Waals surface area (Å²) in [6, 6.07) is 9.55. The van der Waals surface area contributed by atoms with Gasteiger partial charge in [-0.2, -0.15) is 0 Å². The molecule has 3 aromatic rings. The smallest absolute Gasteiger partial charge is 0.232 e. The summed E-state index contributed by atoms with van der Waals surface area (Å²) in [7, 11) is 0.